The molecule has 166 valence electrons. The normalized spacial score (nSPS) is 20.7. The summed E-state index contributed by atoms with van der Waals surface area (Å²) in [7, 11) is 0. The summed E-state index contributed by atoms with van der Waals surface area (Å²) in [4.78, 5) is 17.7. The largest absolute Gasteiger partial charge is 0.494 e. The lowest BCUT2D eigenvalue weighted by molar-refractivity contribution is -0.932. The highest BCUT2D eigenvalue weighted by molar-refractivity contribution is 5.80. The Kier molecular flexibility index (Phi) is 5.83. The number of hydrogen-bond donors (Lipinski definition) is 2. The Morgan fingerprint density at radius 1 is 1.26 bits per heavy atom. The van der Waals surface area contributed by atoms with Crippen LogP contribution in [0.1, 0.15) is 64.9 Å². The maximum Gasteiger partial charge on any atom is 0.258 e. The molecule has 8 nitrogen and oxygen atoms in total. The van der Waals surface area contributed by atoms with Gasteiger partial charge in [0, 0.05) is 10.9 Å². The van der Waals surface area contributed by atoms with Gasteiger partial charge in [-0.1, -0.05) is 6.92 Å². The van der Waals surface area contributed by atoms with Crippen molar-refractivity contribution < 1.29 is 9.64 Å². The molecule has 1 aliphatic heterocycles. The van der Waals surface area contributed by atoms with Crippen LogP contribution in [0.4, 0.5) is 0 Å². The van der Waals surface area contributed by atoms with Crippen LogP contribution in [-0.4, -0.2) is 44.9 Å². The van der Waals surface area contributed by atoms with Crippen LogP contribution in [0.2, 0.25) is 0 Å². The number of rotatable bonds is 5. The number of aromatic amines is 1. The van der Waals surface area contributed by atoms with Crippen molar-refractivity contribution in [2.45, 2.75) is 59.0 Å². The van der Waals surface area contributed by atoms with E-state index in [1.807, 2.05) is 35.9 Å². The van der Waals surface area contributed by atoms with Gasteiger partial charge in [-0.25, -0.2) is 4.68 Å². The first-order chi connectivity index (χ1) is 14.8. The number of pyridine rings is 1. The van der Waals surface area contributed by atoms with E-state index in [1.165, 1.54) is 4.90 Å². The summed E-state index contributed by atoms with van der Waals surface area (Å²) in [5.74, 6) is 2.23. The lowest BCUT2D eigenvalue weighted by Gasteiger charge is -2.34. The molecule has 3 heterocycles. The number of tetrazole rings is 1. The quantitative estimate of drug-likeness (QED) is 0.653. The van der Waals surface area contributed by atoms with Gasteiger partial charge in [-0.05, 0) is 81.1 Å². The van der Waals surface area contributed by atoms with Crippen LogP contribution >= 0.6 is 0 Å². The number of hydrogen-bond acceptors (Lipinski definition) is 5. The minimum atomic E-state index is -0.286. The molecule has 0 bridgehead atoms. The standard InChI is InChI=1S/C23H32N6O2/c1-6-31-17-7-8-19-16(13-17)14-18(22(30)24-19)20(28-11-9-15(2)10-12-28)21-25-26-27-29(21)23(3,4)5/h7-8,13-15,20H,6,9-12H2,1-5H3,(H,24,30)/p+1/t20-/m0/s1. The monoisotopic (exact) mass is 425 g/mol. The maximum atomic E-state index is 13.3. The fourth-order valence-electron chi connectivity index (χ4n) is 4.49. The van der Waals surface area contributed by atoms with Crippen molar-refractivity contribution in [3.05, 3.63) is 46.0 Å². The van der Waals surface area contributed by atoms with Gasteiger partial charge in [-0.15, -0.1) is 5.10 Å². The smallest absolute Gasteiger partial charge is 0.258 e. The fourth-order valence-corrected chi connectivity index (χ4v) is 4.49. The van der Waals surface area contributed by atoms with Crippen molar-refractivity contribution in [2.24, 2.45) is 5.92 Å². The van der Waals surface area contributed by atoms with Gasteiger partial charge in [0.2, 0.25) is 5.82 Å². The molecular weight excluding hydrogens is 392 g/mol. The number of aromatic nitrogens is 5. The third-order valence-electron chi connectivity index (χ3n) is 6.18. The van der Waals surface area contributed by atoms with Crippen molar-refractivity contribution in [3.8, 4) is 5.75 Å². The number of fused-ring (bicyclic) bond motifs is 1. The maximum absolute atomic E-state index is 13.3. The number of benzene rings is 1. The average Bonchev–Trinajstić information content (AvgIpc) is 3.20. The second-order valence-corrected chi connectivity index (χ2v) is 9.63. The fraction of sp³-hybridized carbons (Fsp3) is 0.565. The minimum absolute atomic E-state index is 0.0868. The predicted molar refractivity (Wildman–Crippen MR) is 119 cm³/mol. The van der Waals surface area contributed by atoms with Gasteiger partial charge in [0.05, 0.1) is 30.8 Å². The molecule has 3 aromatic rings. The molecule has 1 saturated heterocycles. The lowest BCUT2D eigenvalue weighted by atomic mass is 9.95. The SMILES string of the molecule is CCOc1ccc2[nH]c(=O)c([C@@H](c3nnnn3C(C)(C)C)[NH+]3CCC(C)CC3)cc2c1. The van der Waals surface area contributed by atoms with Crippen molar-refractivity contribution in [1.29, 1.82) is 0 Å². The van der Waals surface area contributed by atoms with E-state index < -0.39 is 0 Å². The second kappa shape index (κ2) is 8.42. The first-order valence-corrected chi connectivity index (χ1v) is 11.2. The van der Waals surface area contributed by atoms with E-state index in [0.717, 1.165) is 48.4 Å². The second-order valence-electron chi connectivity index (χ2n) is 9.63. The molecule has 1 atom stereocenters. The molecule has 0 spiro atoms. The minimum Gasteiger partial charge on any atom is -0.494 e. The number of ether oxygens (including phenoxy) is 1. The van der Waals surface area contributed by atoms with Gasteiger partial charge in [0.1, 0.15) is 5.75 Å². The van der Waals surface area contributed by atoms with Gasteiger partial charge in [0.15, 0.2) is 6.04 Å². The summed E-state index contributed by atoms with van der Waals surface area (Å²) in [5, 5.41) is 13.7. The van der Waals surface area contributed by atoms with Crippen LogP contribution in [-0.2, 0) is 5.54 Å². The van der Waals surface area contributed by atoms with Gasteiger partial charge in [-0.2, -0.15) is 0 Å². The Morgan fingerprint density at radius 3 is 2.68 bits per heavy atom. The number of quaternary nitrogens is 1. The third-order valence-corrected chi connectivity index (χ3v) is 6.18. The molecule has 31 heavy (non-hydrogen) atoms. The average molecular weight is 426 g/mol. The first-order valence-electron chi connectivity index (χ1n) is 11.2. The van der Waals surface area contributed by atoms with Gasteiger partial charge in [-0.3, -0.25) is 4.79 Å². The van der Waals surface area contributed by atoms with E-state index in [9.17, 15) is 4.79 Å². The summed E-state index contributed by atoms with van der Waals surface area (Å²) in [5.41, 5.74) is 1.13. The highest BCUT2D eigenvalue weighted by atomic mass is 16.5. The number of piperidine rings is 1. The Balaban J connectivity index is 1.87. The van der Waals surface area contributed by atoms with Crippen molar-refractivity contribution in [3.63, 3.8) is 0 Å². The summed E-state index contributed by atoms with van der Waals surface area (Å²) < 4.78 is 7.54. The van der Waals surface area contributed by atoms with Crippen LogP contribution in [0.15, 0.2) is 29.1 Å². The molecule has 0 aliphatic carbocycles. The first kappa shape index (κ1) is 21.5. The summed E-state index contributed by atoms with van der Waals surface area (Å²) in [6.07, 6.45) is 2.26. The van der Waals surface area contributed by atoms with Crippen LogP contribution in [0.25, 0.3) is 10.9 Å². The van der Waals surface area contributed by atoms with E-state index >= 15 is 0 Å². The summed E-state index contributed by atoms with van der Waals surface area (Å²) >= 11 is 0. The molecular formula is C23H33N6O2+. The van der Waals surface area contributed by atoms with Crippen molar-refractivity contribution >= 4 is 10.9 Å². The highest BCUT2D eigenvalue weighted by Gasteiger charge is 2.37. The van der Waals surface area contributed by atoms with E-state index in [-0.39, 0.29) is 17.1 Å². The Hall–Kier alpha value is -2.74. The molecule has 1 aliphatic rings. The number of nitrogens with one attached hydrogen (secondary N) is 2. The number of nitrogens with zero attached hydrogens (tertiary/aromatic N) is 4. The Bertz CT molecular complexity index is 1110. The Labute approximate surface area is 182 Å². The molecule has 1 aromatic carbocycles. The van der Waals surface area contributed by atoms with Gasteiger partial charge in [0.25, 0.3) is 5.56 Å². The molecule has 2 N–H and O–H groups in total. The highest BCUT2D eigenvalue weighted by Crippen LogP contribution is 2.25. The zero-order chi connectivity index (χ0) is 22.2. The topological polar surface area (TPSA) is 90.1 Å². The van der Waals surface area contributed by atoms with Gasteiger partial charge >= 0.3 is 0 Å². The van der Waals surface area contributed by atoms with Crippen molar-refractivity contribution in [2.75, 3.05) is 19.7 Å². The molecule has 0 radical (unpaired) electrons. The zero-order valence-electron chi connectivity index (χ0n) is 19.1. The van der Waals surface area contributed by atoms with Crippen LogP contribution < -0.4 is 15.2 Å². The van der Waals surface area contributed by atoms with Crippen molar-refractivity contribution in [1.82, 2.24) is 25.2 Å². The summed E-state index contributed by atoms with van der Waals surface area (Å²) in [6.45, 7) is 13.1. The van der Waals surface area contributed by atoms with Crippen LogP contribution in [0.3, 0.4) is 0 Å². The molecule has 4 rings (SSSR count). The molecule has 8 heteroatoms. The molecule has 0 saturated carbocycles. The Morgan fingerprint density at radius 2 is 2.00 bits per heavy atom. The van der Waals surface area contributed by atoms with E-state index in [4.69, 9.17) is 4.74 Å². The number of likely N-dealkylation sites (tertiary alicyclic amines) is 1. The molecule has 0 amide bonds. The summed E-state index contributed by atoms with van der Waals surface area (Å²) in [6, 6.07) is 7.53. The van der Waals surface area contributed by atoms with E-state index in [2.05, 4.69) is 48.2 Å². The zero-order valence-corrected chi connectivity index (χ0v) is 19.1. The number of H-pyrrole nitrogens is 1. The molecule has 0 unspecified atom stereocenters. The van der Waals surface area contributed by atoms with Gasteiger partial charge < -0.3 is 14.6 Å². The molecule has 1 fully saturated rings. The van der Waals surface area contributed by atoms with Crippen LogP contribution in [0, 0.1) is 5.92 Å². The lowest BCUT2D eigenvalue weighted by Crippen LogP contribution is -3.13. The van der Waals surface area contributed by atoms with Crippen LogP contribution in [0.5, 0.6) is 5.75 Å². The predicted octanol–water partition coefficient (Wildman–Crippen LogP) is 2.07. The third kappa shape index (κ3) is 4.35. The molecule has 2 aromatic heterocycles. The van der Waals surface area contributed by atoms with E-state index in [1.54, 1.807) is 0 Å². The van der Waals surface area contributed by atoms with E-state index in [0.29, 0.717) is 18.1 Å².